The summed E-state index contributed by atoms with van der Waals surface area (Å²) in [5, 5.41) is 9.55. The molecule has 8 heteroatoms. The molecule has 0 aliphatic carbocycles. The van der Waals surface area contributed by atoms with E-state index in [0.29, 0.717) is 16.9 Å². The van der Waals surface area contributed by atoms with Gasteiger partial charge < -0.3 is 16.0 Å². The molecule has 4 rings (SSSR count). The molecule has 0 bridgehead atoms. The predicted octanol–water partition coefficient (Wildman–Crippen LogP) is 5.70. The average molecular weight is 476 g/mol. The summed E-state index contributed by atoms with van der Waals surface area (Å²) < 4.78 is 39.3. The lowest BCUT2D eigenvalue weighted by Gasteiger charge is -2.16. The Hall–Kier alpha value is -4.33. The molecular formula is C27H24F3N5. The Kier molecular flexibility index (Phi) is 7.01. The molecule has 1 aliphatic heterocycles. The summed E-state index contributed by atoms with van der Waals surface area (Å²) in [7, 11) is 1.82. The van der Waals surface area contributed by atoms with Crippen molar-refractivity contribution >= 4 is 17.1 Å². The van der Waals surface area contributed by atoms with Gasteiger partial charge in [0, 0.05) is 30.6 Å². The molecule has 0 saturated heterocycles. The lowest BCUT2D eigenvalue weighted by Crippen LogP contribution is -2.22. The van der Waals surface area contributed by atoms with E-state index in [0.717, 1.165) is 34.7 Å². The van der Waals surface area contributed by atoms with E-state index in [-0.39, 0.29) is 6.17 Å². The summed E-state index contributed by atoms with van der Waals surface area (Å²) in [6, 6.07) is 16.8. The highest BCUT2D eigenvalue weighted by atomic mass is 19.4. The monoisotopic (exact) mass is 475 g/mol. The van der Waals surface area contributed by atoms with E-state index < -0.39 is 11.7 Å². The Labute approximate surface area is 201 Å². The van der Waals surface area contributed by atoms with Gasteiger partial charge in [0.05, 0.1) is 34.6 Å². The molecule has 1 unspecified atom stereocenters. The molecule has 2 heterocycles. The van der Waals surface area contributed by atoms with Gasteiger partial charge in [-0.05, 0) is 29.8 Å². The number of aromatic nitrogens is 1. The van der Waals surface area contributed by atoms with Crippen LogP contribution >= 0.6 is 0 Å². The zero-order chi connectivity index (χ0) is 24.8. The maximum absolute atomic E-state index is 13.1. The second kappa shape index (κ2) is 10.3. The molecule has 1 aromatic heterocycles. The van der Waals surface area contributed by atoms with Crippen LogP contribution in [0.2, 0.25) is 0 Å². The van der Waals surface area contributed by atoms with Gasteiger partial charge in [-0.25, -0.2) is 4.99 Å². The van der Waals surface area contributed by atoms with E-state index in [4.69, 9.17) is 4.99 Å². The van der Waals surface area contributed by atoms with Gasteiger partial charge in [0.2, 0.25) is 0 Å². The van der Waals surface area contributed by atoms with Crippen LogP contribution in [0, 0.1) is 0 Å². The molecule has 178 valence electrons. The van der Waals surface area contributed by atoms with E-state index in [1.807, 2.05) is 49.5 Å². The van der Waals surface area contributed by atoms with Crippen LogP contribution in [0.1, 0.15) is 28.4 Å². The summed E-state index contributed by atoms with van der Waals surface area (Å²) >= 11 is 0. The Morgan fingerprint density at radius 3 is 2.60 bits per heavy atom. The first-order valence-electron chi connectivity index (χ1n) is 10.9. The molecule has 0 amide bonds. The molecule has 1 atom stereocenters. The summed E-state index contributed by atoms with van der Waals surface area (Å²) in [6.07, 6.45) is 3.77. The molecule has 0 fully saturated rings. The molecule has 0 saturated carbocycles. The minimum absolute atomic E-state index is 0.366. The van der Waals surface area contributed by atoms with Crippen molar-refractivity contribution in [2.24, 2.45) is 4.99 Å². The number of benzene rings is 2. The molecule has 3 aromatic rings. The van der Waals surface area contributed by atoms with Crippen LogP contribution in [-0.2, 0) is 6.18 Å². The first kappa shape index (κ1) is 23.8. The Morgan fingerprint density at radius 2 is 1.89 bits per heavy atom. The number of halogens is 3. The smallest absolute Gasteiger partial charge is 0.386 e. The van der Waals surface area contributed by atoms with Crippen molar-refractivity contribution in [3.8, 4) is 0 Å². The lowest BCUT2D eigenvalue weighted by molar-refractivity contribution is -0.137. The molecular weight excluding hydrogens is 451 g/mol. The fourth-order valence-electron chi connectivity index (χ4n) is 3.68. The SMILES string of the molecule is C=C/C=C(\NC)C(=Nc1cncc(C2NC=C(c3cccc(C(F)(F)F)c3)N2)c1)c1ccccc1. The van der Waals surface area contributed by atoms with Crippen molar-refractivity contribution < 1.29 is 13.2 Å². The Morgan fingerprint density at radius 1 is 1.09 bits per heavy atom. The van der Waals surface area contributed by atoms with Crippen molar-refractivity contribution in [2.75, 3.05) is 7.05 Å². The second-order valence-corrected chi connectivity index (χ2v) is 7.75. The third-order valence-electron chi connectivity index (χ3n) is 5.37. The number of likely N-dealkylation sites (N-methyl/N-ethyl adjacent to an activating group) is 1. The van der Waals surface area contributed by atoms with Crippen molar-refractivity contribution in [3.63, 3.8) is 0 Å². The van der Waals surface area contributed by atoms with Crippen LogP contribution in [0.5, 0.6) is 0 Å². The van der Waals surface area contributed by atoms with E-state index in [9.17, 15) is 13.2 Å². The normalized spacial score (nSPS) is 16.2. The number of allylic oxidation sites excluding steroid dienone is 3. The van der Waals surface area contributed by atoms with Crippen LogP contribution in [0.3, 0.4) is 0 Å². The van der Waals surface area contributed by atoms with Crippen molar-refractivity contribution in [1.82, 2.24) is 20.9 Å². The van der Waals surface area contributed by atoms with Crippen molar-refractivity contribution in [2.45, 2.75) is 12.3 Å². The van der Waals surface area contributed by atoms with Gasteiger partial charge in [-0.3, -0.25) is 4.98 Å². The van der Waals surface area contributed by atoms with Gasteiger partial charge in [0.25, 0.3) is 0 Å². The molecule has 5 nitrogen and oxygen atoms in total. The number of alkyl halides is 3. The minimum Gasteiger partial charge on any atom is -0.386 e. The van der Waals surface area contributed by atoms with Gasteiger partial charge in [0.1, 0.15) is 6.17 Å². The standard InChI is InChI=1S/C27H24F3N5/c1-3-8-23(31-2)25(18-9-5-4-6-10-18)34-22-14-20(15-32-16-22)26-33-17-24(35-26)19-11-7-12-21(13-19)27(28,29)30/h3-17,26,31,33,35H,1H2,2H3/b23-8-,34-25?. The van der Waals surface area contributed by atoms with E-state index in [2.05, 4.69) is 27.5 Å². The number of hydrogen-bond donors (Lipinski definition) is 3. The first-order chi connectivity index (χ1) is 16.9. The third kappa shape index (κ3) is 5.60. The summed E-state index contributed by atoms with van der Waals surface area (Å²) in [5.41, 5.74) is 4.16. The van der Waals surface area contributed by atoms with Gasteiger partial charge in [0.15, 0.2) is 0 Å². The largest absolute Gasteiger partial charge is 0.416 e. The molecule has 2 aromatic carbocycles. The fraction of sp³-hybridized carbons (Fsp3) is 0.111. The van der Waals surface area contributed by atoms with E-state index in [1.165, 1.54) is 6.07 Å². The van der Waals surface area contributed by atoms with E-state index >= 15 is 0 Å². The third-order valence-corrected chi connectivity index (χ3v) is 5.37. The Bertz CT molecular complexity index is 1290. The maximum atomic E-state index is 13.1. The highest BCUT2D eigenvalue weighted by Gasteiger charge is 2.31. The van der Waals surface area contributed by atoms with Gasteiger partial charge in [-0.2, -0.15) is 13.2 Å². The van der Waals surface area contributed by atoms with Crippen LogP contribution in [0.4, 0.5) is 18.9 Å². The lowest BCUT2D eigenvalue weighted by atomic mass is 10.1. The van der Waals surface area contributed by atoms with Gasteiger partial charge >= 0.3 is 6.18 Å². The number of hydrogen-bond acceptors (Lipinski definition) is 5. The maximum Gasteiger partial charge on any atom is 0.416 e. The van der Waals surface area contributed by atoms with Crippen molar-refractivity contribution in [1.29, 1.82) is 0 Å². The molecule has 3 N–H and O–H groups in total. The fourth-order valence-corrected chi connectivity index (χ4v) is 3.68. The molecule has 0 spiro atoms. The minimum atomic E-state index is -4.40. The zero-order valence-corrected chi connectivity index (χ0v) is 19.0. The van der Waals surface area contributed by atoms with Crippen LogP contribution in [0.15, 0.2) is 109 Å². The highest BCUT2D eigenvalue weighted by molar-refractivity contribution is 6.13. The van der Waals surface area contributed by atoms with Crippen LogP contribution in [0.25, 0.3) is 5.70 Å². The number of nitrogens with one attached hydrogen (secondary N) is 3. The number of aliphatic imine (C=N–C) groups is 1. The topological polar surface area (TPSA) is 61.3 Å². The summed E-state index contributed by atoms with van der Waals surface area (Å²) in [6.45, 7) is 3.78. The van der Waals surface area contributed by atoms with Crippen molar-refractivity contribution in [3.05, 3.63) is 126 Å². The van der Waals surface area contributed by atoms with E-state index in [1.54, 1.807) is 30.7 Å². The molecule has 0 radical (unpaired) electrons. The Balaban J connectivity index is 1.60. The second-order valence-electron chi connectivity index (χ2n) is 7.75. The van der Waals surface area contributed by atoms with Gasteiger partial charge in [-0.1, -0.05) is 55.1 Å². The van der Waals surface area contributed by atoms with Crippen LogP contribution < -0.4 is 16.0 Å². The predicted molar refractivity (Wildman–Crippen MR) is 133 cm³/mol. The molecule has 1 aliphatic rings. The zero-order valence-electron chi connectivity index (χ0n) is 19.0. The number of nitrogens with zero attached hydrogens (tertiary/aromatic N) is 2. The number of rotatable bonds is 7. The first-order valence-corrected chi connectivity index (χ1v) is 10.9. The quantitative estimate of drug-likeness (QED) is 0.303. The summed E-state index contributed by atoms with van der Waals surface area (Å²) in [5.74, 6) is 0. The average Bonchev–Trinajstić information content (AvgIpc) is 3.37. The highest BCUT2D eigenvalue weighted by Crippen LogP contribution is 2.32. The van der Waals surface area contributed by atoms with Gasteiger partial charge in [-0.15, -0.1) is 0 Å². The summed E-state index contributed by atoms with van der Waals surface area (Å²) in [4.78, 5) is 9.18. The van der Waals surface area contributed by atoms with Crippen LogP contribution in [-0.4, -0.2) is 17.7 Å². The molecule has 35 heavy (non-hydrogen) atoms. The number of pyridine rings is 1.